The molecular formula is C19H14BrNO4S. The summed E-state index contributed by atoms with van der Waals surface area (Å²) in [5, 5.41) is 9.98. The lowest BCUT2D eigenvalue weighted by molar-refractivity contribution is -0.136. The number of thiophene rings is 1. The van der Waals surface area contributed by atoms with Crippen molar-refractivity contribution >= 4 is 55.2 Å². The number of nitrogens with one attached hydrogen (secondary N) is 1. The molecule has 0 radical (unpaired) electrons. The normalized spacial score (nSPS) is 11.5. The number of hydrogen-bond donors (Lipinski definition) is 2. The van der Waals surface area contributed by atoms with E-state index >= 15 is 0 Å². The minimum absolute atomic E-state index is 0.0411. The Hall–Kier alpha value is -2.38. The number of aromatic nitrogens is 1. The molecule has 0 aliphatic carbocycles. The fourth-order valence-corrected chi connectivity index (χ4v) is 4.27. The van der Waals surface area contributed by atoms with E-state index < -0.39 is 5.97 Å². The third-order valence-electron chi connectivity index (χ3n) is 4.23. The highest BCUT2D eigenvalue weighted by molar-refractivity contribution is 9.10. The van der Waals surface area contributed by atoms with Crippen LogP contribution in [0.4, 0.5) is 0 Å². The summed E-state index contributed by atoms with van der Waals surface area (Å²) < 4.78 is 6.81. The maximum atomic E-state index is 13.2. The maximum absolute atomic E-state index is 13.2. The zero-order valence-corrected chi connectivity index (χ0v) is 16.2. The zero-order chi connectivity index (χ0) is 18.4. The van der Waals surface area contributed by atoms with Crippen LogP contribution in [-0.4, -0.2) is 16.1 Å². The van der Waals surface area contributed by atoms with Gasteiger partial charge in [0.15, 0.2) is 5.58 Å². The van der Waals surface area contributed by atoms with E-state index in [9.17, 15) is 9.59 Å². The molecule has 3 aromatic heterocycles. The predicted octanol–water partition coefficient (Wildman–Crippen LogP) is 5.09. The van der Waals surface area contributed by atoms with Gasteiger partial charge in [0.25, 0.3) is 0 Å². The second kappa shape index (κ2) is 6.41. The number of carboxylic acid groups (broad SMARTS) is 1. The van der Waals surface area contributed by atoms with Crippen molar-refractivity contribution in [2.45, 2.75) is 19.8 Å². The highest BCUT2D eigenvalue weighted by Gasteiger charge is 2.21. The number of H-pyrrole nitrogens is 1. The Morgan fingerprint density at radius 3 is 2.81 bits per heavy atom. The van der Waals surface area contributed by atoms with Crippen molar-refractivity contribution in [2.24, 2.45) is 0 Å². The first-order chi connectivity index (χ1) is 12.4. The van der Waals surface area contributed by atoms with Crippen molar-refractivity contribution in [3.8, 4) is 10.6 Å². The van der Waals surface area contributed by atoms with Crippen LogP contribution in [0.2, 0.25) is 0 Å². The molecule has 1 aromatic carbocycles. The molecule has 0 fully saturated rings. The molecule has 7 heteroatoms. The Morgan fingerprint density at radius 1 is 1.31 bits per heavy atom. The number of carbonyl (C=O) groups is 1. The Bertz CT molecular complexity index is 1220. The van der Waals surface area contributed by atoms with E-state index in [4.69, 9.17) is 9.52 Å². The first kappa shape index (κ1) is 17.1. The number of fused-ring (bicyclic) bond motifs is 2. The highest BCUT2D eigenvalue weighted by atomic mass is 79.9. The van der Waals surface area contributed by atoms with E-state index in [0.29, 0.717) is 33.3 Å². The van der Waals surface area contributed by atoms with Gasteiger partial charge >= 0.3 is 5.97 Å². The van der Waals surface area contributed by atoms with E-state index in [1.54, 1.807) is 23.5 Å². The third-order valence-corrected chi connectivity index (χ3v) is 5.74. The number of aryl methyl sites for hydroxylation is 2. The molecule has 0 atom stereocenters. The van der Waals surface area contributed by atoms with Gasteiger partial charge in [0.05, 0.1) is 33.5 Å². The topological polar surface area (TPSA) is 83.3 Å². The van der Waals surface area contributed by atoms with Crippen LogP contribution < -0.4 is 5.43 Å². The van der Waals surface area contributed by atoms with E-state index in [2.05, 4.69) is 20.9 Å². The molecule has 132 valence electrons. The van der Waals surface area contributed by atoms with Gasteiger partial charge in [-0.05, 0) is 37.3 Å². The van der Waals surface area contributed by atoms with Gasteiger partial charge in [0.1, 0.15) is 5.58 Å². The van der Waals surface area contributed by atoms with Gasteiger partial charge in [-0.15, -0.1) is 11.3 Å². The van der Waals surface area contributed by atoms with Crippen molar-refractivity contribution in [2.75, 3.05) is 0 Å². The number of halogens is 1. The average Bonchev–Trinajstić information content (AvgIpc) is 3.17. The molecular weight excluding hydrogens is 418 g/mol. The Kier molecular flexibility index (Phi) is 4.20. The predicted molar refractivity (Wildman–Crippen MR) is 106 cm³/mol. The van der Waals surface area contributed by atoms with E-state index in [-0.39, 0.29) is 18.3 Å². The summed E-state index contributed by atoms with van der Waals surface area (Å²) in [4.78, 5) is 29.5. The molecule has 4 aromatic rings. The van der Waals surface area contributed by atoms with Crippen LogP contribution in [0.25, 0.3) is 32.5 Å². The molecule has 0 spiro atoms. The summed E-state index contributed by atoms with van der Waals surface area (Å²) in [7, 11) is 0. The van der Waals surface area contributed by atoms with Crippen molar-refractivity contribution in [3.05, 3.63) is 55.6 Å². The fourth-order valence-electron chi connectivity index (χ4n) is 3.04. The van der Waals surface area contributed by atoms with E-state index in [0.717, 1.165) is 14.2 Å². The molecule has 0 unspecified atom stereocenters. The molecule has 2 N–H and O–H groups in total. The highest BCUT2D eigenvalue weighted by Crippen LogP contribution is 2.35. The van der Waals surface area contributed by atoms with Gasteiger partial charge < -0.3 is 14.5 Å². The van der Waals surface area contributed by atoms with Crippen LogP contribution >= 0.6 is 27.3 Å². The van der Waals surface area contributed by atoms with Gasteiger partial charge in [-0.2, -0.15) is 0 Å². The summed E-state index contributed by atoms with van der Waals surface area (Å²) in [6.07, 6.45) is 0.224. The van der Waals surface area contributed by atoms with Gasteiger partial charge in [-0.1, -0.05) is 15.9 Å². The molecule has 0 aliphatic rings. The van der Waals surface area contributed by atoms with Crippen LogP contribution in [0.5, 0.6) is 0 Å². The van der Waals surface area contributed by atoms with Crippen LogP contribution in [0, 0.1) is 6.92 Å². The zero-order valence-electron chi connectivity index (χ0n) is 13.8. The molecule has 0 aliphatic heterocycles. The van der Waals surface area contributed by atoms with Crippen molar-refractivity contribution in [1.29, 1.82) is 0 Å². The minimum Gasteiger partial charge on any atom is -0.481 e. The van der Waals surface area contributed by atoms with Gasteiger partial charge in [-0.3, -0.25) is 9.59 Å². The molecule has 0 amide bonds. The van der Waals surface area contributed by atoms with Gasteiger partial charge in [0, 0.05) is 15.8 Å². The van der Waals surface area contributed by atoms with Gasteiger partial charge in [0.2, 0.25) is 5.43 Å². The Labute approximate surface area is 160 Å². The fraction of sp³-hybridized carbons (Fsp3) is 0.158. The number of aromatic amines is 1. The van der Waals surface area contributed by atoms with Crippen molar-refractivity contribution in [1.82, 2.24) is 4.98 Å². The molecule has 26 heavy (non-hydrogen) atoms. The lowest BCUT2D eigenvalue weighted by atomic mass is 10.1. The average molecular weight is 432 g/mol. The molecule has 0 saturated carbocycles. The number of rotatable bonds is 4. The van der Waals surface area contributed by atoms with Crippen molar-refractivity contribution < 1.29 is 14.3 Å². The first-order valence-corrected chi connectivity index (χ1v) is 9.60. The number of benzene rings is 1. The van der Waals surface area contributed by atoms with Crippen LogP contribution in [0.15, 0.2) is 44.0 Å². The lowest BCUT2D eigenvalue weighted by Crippen LogP contribution is -2.02. The SMILES string of the molecule is Cc1ccc(-c2[nH]c(CCC(=O)O)c3oc4ccc(Br)cc4c(=O)c23)s1. The quantitative estimate of drug-likeness (QED) is 0.471. The minimum atomic E-state index is -0.895. The first-order valence-electron chi connectivity index (χ1n) is 7.99. The molecule has 4 rings (SSSR count). The molecule has 5 nitrogen and oxygen atoms in total. The van der Waals surface area contributed by atoms with Crippen LogP contribution in [0.3, 0.4) is 0 Å². The summed E-state index contributed by atoms with van der Waals surface area (Å²) in [5.74, 6) is -0.895. The third kappa shape index (κ3) is 2.87. The number of aliphatic carboxylic acids is 1. The summed E-state index contributed by atoms with van der Waals surface area (Å²) >= 11 is 4.97. The largest absolute Gasteiger partial charge is 0.481 e. The summed E-state index contributed by atoms with van der Waals surface area (Å²) in [6.45, 7) is 2.00. The molecule has 0 bridgehead atoms. The Morgan fingerprint density at radius 2 is 2.12 bits per heavy atom. The summed E-state index contributed by atoms with van der Waals surface area (Å²) in [6, 6.07) is 9.24. The lowest BCUT2D eigenvalue weighted by Gasteiger charge is -2.01. The molecule has 3 heterocycles. The Balaban J connectivity index is 2.06. The van der Waals surface area contributed by atoms with Crippen LogP contribution in [-0.2, 0) is 11.2 Å². The monoisotopic (exact) mass is 431 g/mol. The maximum Gasteiger partial charge on any atom is 0.303 e. The second-order valence-electron chi connectivity index (χ2n) is 6.06. The summed E-state index contributed by atoms with van der Waals surface area (Å²) in [5.41, 5.74) is 2.11. The van der Waals surface area contributed by atoms with E-state index in [1.165, 1.54) is 0 Å². The van der Waals surface area contributed by atoms with E-state index in [1.807, 2.05) is 25.1 Å². The number of carboxylic acids is 1. The van der Waals surface area contributed by atoms with Gasteiger partial charge in [-0.25, -0.2) is 0 Å². The number of hydrogen-bond acceptors (Lipinski definition) is 4. The standard InChI is InChI=1S/C19H14BrNO4S/c1-9-2-6-14(26-9)17-16-18(24)11-8-10(20)3-5-13(11)25-19(16)12(21-17)4-7-15(22)23/h2-3,5-6,8,21H,4,7H2,1H3,(H,22,23). The van der Waals surface area contributed by atoms with Crippen LogP contribution in [0.1, 0.15) is 17.0 Å². The second-order valence-corrected chi connectivity index (χ2v) is 8.26. The van der Waals surface area contributed by atoms with Crippen molar-refractivity contribution in [3.63, 3.8) is 0 Å². The smallest absolute Gasteiger partial charge is 0.303 e. The molecule has 0 saturated heterocycles.